The fraction of sp³-hybridized carbons (Fsp3) is 0.636. The molecule has 1 rings (SSSR count). The highest BCUT2D eigenvalue weighted by atomic mass is 16.2. The van der Waals surface area contributed by atoms with Crippen LogP contribution in [0, 0.1) is 0 Å². The SMILES string of the molecule is CCN(CC(N)=O)C(=O)c1n[nH]c(C(C)(C)C)n1. The van der Waals surface area contributed by atoms with Crippen LogP contribution < -0.4 is 5.73 Å². The van der Waals surface area contributed by atoms with Gasteiger partial charge in [-0.15, -0.1) is 5.10 Å². The predicted molar refractivity (Wildman–Crippen MR) is 65.9 cm³/mol. The first-order valence-corrected chi connectivity index (χ1v) is 5.76. The normalized spacial score (nSPS) is 11.3. The number of carbonyl (C=O) groups is 2. The number of rotatable bonds is 4. The van der Waals surface area contributed by atoms with Crippen molar-refractivity contribution in [3.8, 4) is 0 Å². The third-order valence-electron chi connectivity index (χ3n) is 2.40. The Hall–Kier alpha value is -1.92. The maximum Gasteiger partial charge on any atom is 0.293 e. The minimum Gasteiger partial charge on any atom is -0.368 e. The van der Waals surface area contributed by atoms with E-state index in [-0.39, 0.29) is 17.8 Å². The molecule has 0 bridgehead atoms. The zero-order valence-electron chi connectivity index (χ0n) is 11.1. The monoisotopic (exact) mass is 253 g/mol. The molecular formula is C11H19N5O2. The van der Waals surface area contributed by atoms with Crippen LogP contribution in [0.3, 0.4) is 0 Å². The van der Waals surface area contributed by atoms with E-state index in [2.05, 4.69) is 15.2 Å². The van der Waals surface area contributed by atoms with E-state index in [4.69, 9.17) is 5.73 Å². The molecule has 0 spiro atoms. The Morgan fingerprint density at radius 1 is 1.39 bits per heavy atom. The van der Waals surface area contributed by atoms with Crippen LogP contribution in [0.4, 0.5) is 0 Å². The maximum atomic E-state index is 12.0. The summed E-state index contributed by atoms with van der Waals surface area (Å²) in [6, 6.07) is 0. The van der Waals surface area contributed by atoms with Crippen molar-refractivity contribution in [1.29, 1.82) is 0 Å². The summed E-state index contributed by atoms with van der Waals surface area (Å²) in [6.07, 6.45) is 0. The van der Waals surface area contributed by atoms with E-state index >= 15 is 0 Å². The fourth-order valence-electron chi connectivity index (χ4n) is 1.35. The molecule has 7 heteroatoms. The Bertz CT molecular complexity index is 447. The lowest BCUT2D eigenvalue weighted by atomic mass is 9.96. The highest BCUT2D eigenvalue weighted by Crippen LogP contribution is 2.17. The third kappa shape index (κ3) is 3.28. The van der Waals surface area contributed by atoms with Crippen molar-refractivity contribution >= 4 is 11.8 Å². The van der Waals surface area contributed by atoms with Crippen LogP contribution in [0.2, 0.25) is 0 Å². The molecule has 0 unspecified atom stereocenters. The maximum absolute atomic E-state index is 12.0. The summed E-state index contributed by atoms with van der Waals surface area (Å²) in [5.41, 5.74) is 4.86. The van der Waals surface area contributed by atoms with Crippen LogP contribution in [0.25, 0.3) is 0 Å². The van der Waals surface area contributed by atoms with Gasteiger partial charge in [0.1, 0.15) is 5.82 Å². The number of likely N-dealkylation sites (N-methyl/N-ethyl adjacent to an activating group) is 1. The Morgan fingerprint density at radius 2 is 2.00 bits per heavy atom. The number of nitrogens with two attached hydrogens (primary N) is 1. The second-order valence-electron chi connectivity index (χ2n) is 5.04. The van der Waals surface area contributed by atoms with Gasteiger partial charge in [-0.3, -0.25) is 14.7 Å². The third-order valence-corrected chi connectivity index (χ3v) is 2.40. The first kappa shape index (κ1) is 14.1. The zero-order chi connectivity index (χ0) is 13.9. The molecule has 0 fully saturated rings. The summed E-state index contributed by atoms with van der Waals surface area (Å²) in [7, 11) is 0. The second-order valence-corrected chi connectivity index (χ2v) is 5.04. The van der Waals surface area contributed by atoms with Crippen molar-refractivity contribution in [1.82, 2.24) is 20.1 Å². The molecule has 0 aliphatic heterocycles. The number of aromatic amines is 1. The summed E-state index contributed by atoms with van der Waals surface area (Å²) in [4.78, 5) is 28.3. The lowest BCUT2D eigenvalue weighted by Crippen LogP contribution is -2.38. The van der Waals surface area contributed by atoms with Gasteiger partial charge in [0.05, 0.1) is 6.54 Å². The molecule has 0 saturated heterocycles. The van der Waals surface area contributed by atoms with E-state index in [1.807, 2.05) is 20.8 Å². The van der Waals surface area contributed by atoms with Crippen LogP contribution in [0.15, 0.2) is 0 Å². The molecule has 3 N–H and O–H groups in total. The van der Waals surface area contributed by atoms with Crippen molar-refractivity contribution in [2.75, 3.05) is 13.1 Å². The highest BCUT2D eigenvalue weighted by Gasteiger charge is 2.24. The molecule has 1 heterocycles. The molecule has 0 aliphatic carbocycles. The van der Waals surface area contributed by atoms with Crippen molar-refractivity contribution in [2.24, 2.45) is 5.73 Å². The number of carbonyl (C=O) groups excluding carboxylic acids is 2. The van der Waals surface area contributed by atoms with Crippen LogP contribution in [0.1, 0.15) is 44.1 Å². The topological polar surface area (TPSA) is 105 Å². The van der Waals surface area contributed by atoms with Gasteiger partial charge in [-0.1, -0.05) is 20.8 Å². The molecule has 0 radical (unpaired) electrons. The minimum absolute atomic E-state index is 0.0584. The van der Waals surface area contributed by atoms with Gasteiger partial charge in [0, 0.05) is 12.0 Å². The Morgan fingerprint density at radius 3 is 2.39 bits per heavy atom. The summed E-state index contributed by atoms with van der Waals surface area (Å²) in [5.74, 6) is -0.274. The number of nitrogens with zero attached hydrogens (tertiary/aromatic N) is 3. The molecule has 0 aliphatic rings. The van der Waals surface area contributed by atoms with Crippen LogP contribution in [0.5, 0.6) is 0 Å². The van der Waals surface area contributed by atoms with Gasteiger partial charge in [0.15, 0.2) is 0 Å². The van der Waals surface area contributed by atoms with Crippen molar-refractivity contribution in [2.45, 2.75) is 33.1 Å². The van der Waals surface area contributed by atoms with Gasteiger partial charge >= 0.3 is 0 Å². The van der Waals surface area contributed by atoms with E-state index in [1.165, 1.54) is 4.90 Å². The zero-order valence-corrected chi connectivity index (χ0v) is 11.1. The fourth-order valence-corrected chi connectivity index (χ4v) is 1.35. The van der Waals surface area contributed by atoms with Crippen LogP contribution in [-0.4, -0.2) is 45.0 Å². The quantitative estimate of drug-likeness (QED) is 0.790. The van der Waals surface area contributed by atoms with E-state index < -0.39 is 11.8 Å². The van der Waals surface area contributed by atoms with Gasteiger partial charge in [0.2, 0.25) is 11.7 Å². The summed E-state index contributed by atoms with van der Waals surface area (Å²) < 4.78 is 0. The van der Waals surface area contributed by atoms with Gasteiger partial charge < -0.3 is 10.6 Å². The number of aromatic nitrogens is 3. The molecule has 0 saturated carbocycles. The number of hydrogen-bond donors (Lipinski definition) is 2. The van der Waals surface area contributed by atoms with E-state index in [0.717, 1.165) is 0 Å². The molecule has 1 aromatic rings. The highest BCUT2D eigenvalue weighted by molar-refractivity contribution is 5.93. The van der Waals surface area contributed by atoms with E-state index in [0.29, 0.717) is 12.4 Å². The molecule has 0 aromatic carbocycles. The second kappa shape index (κ2) is 5.16. The molecule has 18 heavy (non-hydrogen) atoms. The minimum atomic E-state index is -0.559. The van der Waals surface area contributed by atoms with Gasteiger partial charge in [-0.25, -0.2) is 4.98 Å². The van der Waals surface area contributed by atoms with Crippen LogP contribution in [-0.2, 0) is 10.2 Å². The van der Waals surface area contributed by atoms with E-state index in [1.54, 1.807) is 6.92 Å². The lowest BCUT2D eigenvalue weighted by Gasteiger charge is -2.17. The summed E-state index contributed by atoms with van der Waals surface area (Å²) >= 11 is 0. The molecule has 0 atom stereocenters. The van der Waals surface area contributed by atoms with Gasteiger partial charge in [-0.2, -0.15) is 0 Å². The average Bonchev–Trinajstić information content (AvgIpc) is 2.73. The van der Waals surface area contributed by atoms with Gasteiger partial charge in [-0.05, 0) is 6.92 Å². The van der Waals surface area contributed by atoms with Crippen LogP contribution >= 0.6 is 0 Å². The number of H-pyrrole nitrogens is 1. The average molecular weight is 253 g/mol. The molecule has 1 aromatic heterocycles. The summed E-state index contributed by atoms with van der Waals surface area (Å²) in [5, 5.41) is 6.61. The Labute approximate surface area is 106 Å². The van der Waals surface area contributed by atoms with Gasteiger partial charge in [0.25, 0.3) is 5.91 Å². The smallest absolute Gasteiger partial charge is 0.293 e. The molecular weight excluding hydrogens is 234 g/mol. The van der Waals surface area contributed by atoms with Crippen molar-refractivity contribution in [3.63, 3.8) is 0 Å². The number of hydrogen-bond acceptors (Lipinski definition) is 4. The predicted octanol–water partition coefficient (Wildman–Crippen LogP) is 0.0496. The molecule has 2 amide bonds. The molecule has 7 nitrogen and oxygen atoms in total. The standard InChI is InChI=1S/C11H19N5O2/c1-5-16(6-7(12)17)9(18)8-13-10(15-14-8)11(2,3)4/h5-6H2,1-4H3,(H2,12,17)(H,13,14,15). The first-order valence-electron chi connectivity index (χ1n) is 5.76. The Balaban J connectivity index is 2.89. The lowest BCUT2D eigenvalue weighted by molar-refractivity contribution is -0.118. The van der Waals surface area contributed by atoms with Crippen molar-refractivity contribution in [3.05, 3.63) is 11.6 Å². The number of nitrogens with one attached hydrogen (secondary N) is 1. The first-order chi connectivity index (χ1) is 8.25. The molecule has 100 valence electrons. The number of primary amides is 1. The largest absolute Gasteiger partial charge is 0.368 e. The summed E-state index contributed by atoms with van der Waals surface area (Å²) in [6.45, 7) is 7.89. The van der Waals surface area contributed by atoms with E-state index in [9.17, 15) is 9.59 Å². The van der Waals surface area contributed by atoms with Crippen molar-refractivity contribution < 1.29 is 9.59 Å². The number of amides is 2. The Kier molecular flexibility index (Phi) is 4.05.